The van der Waals surface area contributed by atoms with Crippen molar-refractivity contribution in [3.8, 4) is 0 Å². The monoisotopic (exact) mass is 531 g/mol. The molecule has 0 aliphatic heterocycles. The van der Waals surface area contributed by atoms with Gasteiger partial charge in [0.05, 0.1) is 0 Å². The molecule has 0 aliphatic carbocycles. The molecule has 0 saturated carbocycles. The fourth-order valence-electron chi connectivity index (χ4n) is 5.77. The zero-order valence-electron chi connectivity index (χ0n) is 26.7. The lowest BCUT2D eigenvalue weighted by Crippen LogP contribution is -2.02. The van der Waals surface area contributed by atoms with Crippen LogP contribution in [0.1, 0.15) is 145 Å². The molecule has 0 atom stereocenters. The van der Waals surface area contributed by atoms with Gasteiger partial charge in [-0.25, -0.2) is 0 Å². The second-order valence-electron chi connectivity index (χ2n) is 11.3. The van der Waals surface area contributed by atoms with Gasteiger partial charge < -0.3 is 0 Å². The molecular formula is C37H59N2+. The van der Waals surface area contributed by atoms with E-state index >= 15 is 0 Å². The van der Waals surface area contributed by atoms with Crippen LogP contribution in [0.3, 0.4) is 0 Å². The van der Waals surface area contributed by atoms with E-state index in [0.717, 1.165) is 31.5 Å². The number of hydrogen-bond acceptors (Lipinski definition) is 1. The summed E-state index contributed by atoms with van der Waals surface area (Å²) in [6.45, 7) is 16.8. The van der Waals surface area contributed by atoms with E-state index in [9.17, 15) is 0 Å². The molecule has 2 heteroatoms. The molecule has 39 heavy (non-hydrogen) atoms. The fourth-order valence-corrected chi connectivity index (χ4v) is 5.77. The van der Waals surface area contributed by atoms with E-state index in [-0.39, 0.29) is 0 Å². The predicted octanol–water partition coefficient (Wildman–Crippen LogP) is 11.5. The number of unbranched alkanes of at least 4 members (excludes halogenated alkanes) is 7. The normalized spacial score (nSPS) is 12.1. The Morgan fingerprint density at radius 2 is 1.23 bits per heavy atom. The van der Waals surface area contributed by atoms with Gasteiger partial charge in [0.25, 0.3) is 0 Å². The van der Waals surface area contributed by atoms with Crippen molar-refractivity contribution in [1.29, 1.82) is 0 Å². The average Bonchev–Trinajstić information content (AvgIpc) is 2.94. The highest BCUT2D eigenvalue weighted by atomic mass is 15.2. The van der Waals surface area contributed by atoms with Gasteiger partial charge in [0.15, 0.2) is 12.7 Å². The maximum absolute atomic E-state index is 5.08. The molecule has 0 bridgehead atoms. The number of aryl methyl sites for hydroxylation is 4. The first-order valence-corrected chi connectivity index (χ1v) is 16.4. The minimum atomic E-state index is 0.857. The maximum Gasteiger partial charge on any atom is 0.196 e. The third-order valence-corrected chi connectivity index (χ3v) is 8.13. The van der Waals surface area contributed by atoms with E-state index in [1.807, 2.05) is 0 Å². The maximum atomic E-state index is 5.08. The Kier molecular flexibility index (Phi) is 16.0. The Balaban J connectivity index is 2.31. The van der Waals surface area contributed by atoms with Crippen molar-refractivity contribution in [2.45, 2.75) is 145 Å². The molecule has 0 spiro atoms. The fraction of sp³-hybridized carbons (Fsp3) is 0.622. The zero-order chi connectivity index (χ0) is 28.5. The Bertz CT molecular complexity index is 1040. The number of benzene rings is 2. The molecule has 2 nitrogen and oxygen atoms in total. The summed E-state index contributed by atoms with van der Waals surface area (Å²) in [7, 11) is 0. The smallest absolute Gasteiger partial charge is 0.0910 e. The SMILES string of the molecule is CCCCCCCCc1cc(C=C[N+](CC)=Nc2cc(CC)c(CC)c(CCCC)c2)cc(C)c1CCCC. The highest BCUT2D eigenvalue weighted by molar-refractivity contribution is 5.54. The molecule has 2 aromatic rings. The van der Waals surface area contributed by atoms with Crippen molar-refractivity contribution < 1.29 is 4.70 Å². The van der Waals surface area contributed by atoms with E-state index in [1.54, 1.807) is 16.7 Å². The van der Waals surface area contributed by atoms with Crippen LogP contribution in [0, 0.1) is 6.92 Å². The van der Waals surface area contributed by atoms with Crippen LogP contribution < -0.4 is 0 Å². The number of rotatable bonds is 19. The van der Waals surface area contributed by atoms with Gasteiger partial charge >= 0.3 is 0 Å². The summed E-state index contributed by atoms with van der Waals surface area (Å²) in [5, 5.41) is 5.08. The average molecular weight is 532 g/mol. The van der Waals surface area contributed by atoms with Crippen LogP contribution in [0.2, 0.25) is 0 Å². The Labute approximate surface area is 242 Å². The summed E-state index contributed by atoms with van der Waals surface area (Å²) >= 11 is 0. The minimum Gasteiger partial charge on any atom is -0.0910 e. The van der Waals surface area contributed by atoms with Crippen LogP contribution in [0.15, 0.2) is 35.6 Å². The highest BCUT2D eigenvalue weighted by Crippen LogP contribution is 2.27. The van der Waals surface area contributed by atoms with E-state index < -0.39 is 0 Å². The lowest BCUT2D eigenvalue weighted by atomic mass is 9.91. The Morgan fingerprint density at radius 3 is 1.90 bits per heavy atom. The molecule has 0 heterocycles. The van der Waals surface area contributed by atoms with Crippen molar-refractivity contribution in [1.82, 2.24) is 0 Å². The van der Waals surface area contributed by atoms with Crippen LogP contribution >= 0.6 is 0 Å². The molecule has 0 amide bonds. The van der Waals surface area contributed by atoms with E-state index in [1.165, 1.54) is 99.3 Å². The predicted molar refractivity (Wildman–Crippen MR) is 173 cm³/mol. The topological polar surface area (TPSA) is 15.4 Å². The lowest BCUT2D eigenvalue weighted by molar-refractivity contribution is -0.519. The van der Waals surface area contributed by atoms with Gasteiger partial charge in [0.2, 0.25) is 0 Å². The highest BCUT2D eigenvalue weighted by Gasteiger charge is 2.12. The van der Waals surface area contributed by atoms with Crippen molar-refractivity contribution in [3.63, 3.8) is 0 Å². The van der Waals surface area contributed by atoms with E-state index in [2.05, 4.69) is 89.7 Å². The lowest BCUT2D eigenvalue weighted by Gasteiger charge is -2.14. The van der Waals surface area contributed by atoms with Gasteiger partial charge in [-0.1, -0.05) is 96.4 Å². The van der Waals surface area contributed by atoms with Crippen LogP contribution in [-0.2, 0) is 32.1 Å². The molecule has 216 valence electrons. The summed E-state index contributed by atoms with van der Waals surface area (Å²) in [5.74, 6) is 0. The molecular weight excluding hydrogens is 472 g/mol. The molecule has 0 aromatic heterocycles. The standard InChI is InChI=1S/C37H59N2/c1-8-14-17-18-19-20-22-33-27-31(26-30(7)37(33)23-16-10-3)24-25-39(13-6)38-35-28-32(11-4)36(12-5)34(29-35)21-15-9-2/h24-29H,8-23H2,1-7H3/q+1. The Hall–Kier alpha value is -2.22. The zero-order valence-corrected chi connectivity index (χ0v) is 26.7. The largest absolute Gasteiger partial charge is 0.196 e. The van der Waals surface area contributed by atoms with Crippen LogP contribution in [0.4, 0.5) is 5.69 Å². The van der Waals surface area contributed by atoms with Crippen molar-refractivity contribution in [2.24, 2.45) is 5.11 Å². The molecule has 2 rings (SSSR count). The van der Waals surface area contributed by atoms with Gasteiger partial charge in [-0.05, 0) is 121 Å². The molecule has 0 aliphatic rings. The first kappa shape index (κ1) is 33.0. The third-order valence-electron chi connectivity index (χ3n) is 8.13. The summed E-state index contributed by atoms with van der Waals surface area (Å²) in [6, 6.07) is 9.50. The van der Waals surface area contributed by atoms with Crippen LogP contribution in [0.5, 0.6) is 0 Å². The van der Waals surface area contributed by atoms with Crippen LogP contribution in [0.25, 0.3) is 6.08 Å². The molecule has 2 aromatic carbocycles. The van der Waals surface area contributed by atoms with Gasteiger partial charge in [0, 0.05) is 6.08 Å². The number of azo groups is 2. The molecule has 0 radical (unpaired) electrons. The Morgan fingerprint density at radius 1 is 0.615 bits per heavy atom. The summed E-state index contributed by atoms with van der Waals surface area (Å²) < 4.78 is 2.11. The van der Waals surface area contributed by atoms with E-state index in [4.69, 9.17) is 5.11 Å². The minimum absolute atomic E-state index is 0.857. The van der Waals surface area contributed by atoms with Crippen molar-refractivity contribution >= 4 is 11.8 Å². The van der Waals surface area contributed by atoms with Gasteiger partial charge in [-0.15, -0.1) is 0 Å². The van der Waals surface area contributed by atoms with Gasteiger partial charge in [0.1, 0.15) is 5.69 Å². The van der Waals surface area contributed by atoms with Gasteiger partial charge in [-0.3, -0.25) is 0 Å². The molecule has 0 N–H and O–H groups in total. The quantitative estimate of drug-likeness (QED) is 0.0973. The van der Waals surface area contributed by atoms with E-state index in [0.29, 0.717) is 0 Å². The van der Waals surface area contributed by atoms with Gasteiger partial charge in [-0.2, -0.15) is 0 Å². The summed E-state index contributed by atoms with van der Waals surface area (Å²) in [6.07, 6.45) is 23.3. The first-order valence-electron chi connectivity index (χ1n) is 16.4. The second kappa shape index (κ2) is 19.0. The molecule has 0 fully saturated rings. The molecule has 0 saturated heterocycles. The third kappa shape index (κ3) is 11.1. The second-order valence-corrected chi connectivity index (χ2v) is 11.3. The number of nitrogens with zero attached hydrogens (tertiary/aromatic N) is 2. The van der Waals surface area contributed by atoms with Crippen molar-refractivity contribution in [3.05, 3.63) is 69.4 Å². The summed E-state index contributed by atoms with van der Waals surface area (Å²) in [5.41, 5.74) is 11.5. The first-order chi connectivity index (χ1) is 19.0. The van der Waals surface area contributed by atoms with Crippen LogP contribution in [-0.4, -0.2) is 11.2 Å². The van der Waals surface area contributed by atoms with Crippen molar-refractivity contribution in [2.75, 3.05) is 6.54 Å². The molecule has 0 unspecified atom stereocenters. The summed E-state index contributed by atoms with van der Waals surface area (Å²) in [4.78, 5) is 0. The number of hydrogen-bond donors (Lipinski definition) is 0.